The molecule has 0 heterocycles. The molecule has 0 aromatic rings. The van der Waals surface area contributed by atoms with Crippen molar-refractivity contribution in [2.75, 3.05) is 0 Å². The van der Waals surface area contributed by atoms with Crippen LogP contribution < -0.4 is 0 Å². The lowest BCUT2D eigenvalue weighted by Crippen LogP contribution is -2.32. The van der Waals surface area contributed by atoms with E-state index in [0.29, 0.717) is 0 Å². The molecule has 0 aliphatic heterocycles. The quantitative estimate of drug-likeness (QED) is 0.485. The second kappa shape index (κ2) is 7.32. The molecule has 0 aromatic carbocycles. The molecule has 3 fully saturated rings. The number of rotatable bonds is 3. The van der Waals surface area contributed by atoms with E-state index in [-0.39, 0.29) is 0 Å². The molecule has 0 N–H and O–H groups in total. The maximum absolute atomic E-state index is 7.69. The van der Waals surface area contributed by atoms with Crippen LogP contribution in [0.1, 0.15) is 96.3 Å². The lowest BCUT2D eigenvalue weighted by molar-refractivity contribution is 0.457. The van der Waals surface area contributed by atoms with Crippen LogP contribution in [0.15, 0.2) is 0 Å². The van der Waals surface area contributed by atoms with Gasteiger partial charge in [0.05, 0.1) is 0 Å². The van der Waals surface area contributed by atoms with Crippen molar-refractivity contribution in [3.8, 4) is 0 Å². The largest absolute Gasteiger partial charge is 0.101 e. The topological polar surface area (TPSA) is 0 Å². The zero-order chi connectivity index (χ0) is 13.8. The Balaban J connectivity index is 1.79. The standard InChI is InChI=1S/C18H33ClP/c19-20(16-10-4-1-5-11-16,17-12-6-2-7-13-17)18-14-8-3-9-15-18/h16-18H,1-15H2. The summed E-state index contributed by atoms with van der Waals surface area (Å²) in [5.41, 5.74) is 2.84. The summed E-state index contributed by atoms with van der Waals surface area (Å²) >= 11 is 7.69. The minimum Gasteiger partial charge on any atom is -0.101 e. The molecule has 117 valence electrons. The van der Waals surface area contributed by atoms with Crippen LogP contribution in [0.2, 0.25) is 0 Å². The molecule has 0 unspecified atom stereocenters. The van der Waals surface area contributed by atoms with Gasteiger partial charge in [-0.3, -0.25) is 0 Å². The first-order valence-corrected chi connectivity index (χ1v) is 12.3. The lowest BCUT2D eigenvalue weighted by atomic mass is 9.99. The Bertz CT molecular complexity index is 240. The summed E-state index contributed by atoms with van der Waals surface area (Å²) in [6.45, 7) is -1.22. The summed E-state index contributed by atoms with van der Waals surface area (Å²) in [6, 6.07) is 0. The van der Waals surface area contributed by atoms with E-state index in [4.69, 9.17) is 11.2 Å². The Morgan fingerprint density at radius 1 is 0.450 bits per heavy atom. The Kier molecular flexibility index (Phi) is 5.72. The molecule has 2 heteroatoms. The number of hydrogen-bond donors (Lipinski definition) is 0. The molecule has 0 nitrogen and oxygen atoms in total. The number of halogens is 1. The van der Waals surface area contributed by atoms with E-state index in [9.17, 15) is 0 Å². The Morgan fingerprint density at radius 2 is 0.700 bits per heavy atom. The maximum atomic E-state index is 7.69. The van der Waals surface area contributed by atoms with Crippen LogP contribution in [0, 0.1) is 0 Å². The predicted molar refractivity (Wildman–Crippen MR) is 93.4 cm³/mol. The molecular formula is C18H33ClP. The Hall–Kier alpha value is 0.720. The van der Waals surface area contributed by atoms with Crippen molar-refractivity contribution in [3.05, 3.63) is 0 Å². The molecular weight excluding hydrogens is 283 g/mol. The predicted octanol–water partition coefficient (Wildman–Crippen LogP) is 7.16. The first-order valence-electron chi connectivity index (χ1n) is 9.39. The van der Waals surface area contributed by atoms with Gasteiger partial charge in [-0.1, -0.05) is 57.8 Å². The second-order valence-electron chi connectivity index (χ2n) is 7.62. The fourth-order valence-electron chi connectivity index (χ4n) is 5.32. The zero-order valence-corrected chi connectivity index (χ0v) is 14.8. The fraction of sp³-hybridized carbons (Fsp3) is 1.00. The van der Waals surface area contributed by atoms with Crippen molar-refractivity contribution < 1.29 is 0 Å². The van der Waals surface area contributed by atoms with E-state index in [2.05, 4.69) is 0 Å². The van der Waals surface area contributed by atoms with Gasteiger partial charge in [-0.25, -0.2) is 0 Å². The van der Waals surface area contributed by atoms with Crippen molar-refractivity contribution in [2.24, 2.45) is 0 Å². The highest BCUT2D eigenvalue weighted by Crippen LogP contribution is 2.80. The highest BCUT2D eigenvalue weighted by atomic mass is 35.7. The van der Waals surface area contributed by atoms with E-state index < -0.39 is 6.62 Å². The van der Waals surface area contributed by atoms with Gasteiger partial charge in [0, 0.05) is 0 Å². The number of hydrogen-bond acceptors (Lipinski definition) is 0. The minimum absolute atomic E-state index is 0.948. The molecule has 20 heavy (non-hydrogen) atoms. The maximum Gasteiger partial charge on any atom is -0.0109 e. The summed E-state index contributed by atoms with van der Waals surface area (Å²) in [6.07, 6.45) is 22.1. The third-order valence-corrected chi connectivity index (χ3v) is 13.8. The van der Waals surface area contributed by atoms with Gasteiger partial charge in [0.2, 0.25) is 0 Å². The van der Waals surface area contributed by atoms with Crippen LogP contribution in [0.25, 0.3) is 0 Å². The van der Waals surface area contributed by atoms with Crippen LogP contribution in [0.3, 0.4) is 0 Å². The van der Waals surface area contributed by atoms with E-state index in [1.165, 1.54) is 96.3 Å². The van der Waals surface area contributed by atoms with Gasteiger partial charge < -0.3 is 0 Å². The monoisotopic (exact) mass is 315 g/mol. The molecule has 3 aliphatic rings. The summed E-state index contributed by atoms with van der Waals surface area (Å²) < 4.78 is 0. The van der Waals surface area contributed by atoms with Gasteiger partial charge in [0.15, 0.2) is 0 Å². The SMILES string of the molecule is Cl[P](C1CCCCC1)(C1CCCCC1)C1CCCCC1. The third-order valence-electron chi connectivity index (χ3n) is 6.40. The fourth-order valence-corrected chi connectivity index (χ4v) is 12.3. The van der Waals surface area contributed by atoms with Crippen molar-refractivity contribution in [1.82, 2.24) is 0 Å². The van der Waals surface area contributed by atoms with E-state index in [0.717, 1.165) is 17.0 Å². The van der Waals surface area contributed by atoms with Crippen molar-refractivity contribution in [3.63, 3.8) is 0 Å². The van der Waals surface area contributed by atoms with Crippen LogP contribution >= 0.6 is 17.9 Å². The molecule has 3 aliphatic carbocycles. The summed E-state index contributed by atoms with van der Waals surface area (Å²) in [5, 5.41) is 0. The highest BCUT2D eigenvalue weighted by Gasteiger charge is 2.47. The molecule has 0 aromatic heterocycles. The highest BCUT2D eigenvalue weighted by molar-refractivity contribution is 8.00. The van der Waals surface area contributed by atoms with Crippen LogP contribution in [0.4, 0.5) is 0 Å². The van der Waals surface area contributed by atoms with E-state index in [1.54, 1.807) is 0 Å². The average molecular weight is 316 g/mol. The summed E-state index contributed by atoms with van der Waals surface area (Å²) in [7, 11) is 0. The molecule has 3 saturated carbocycles. The van der Waals surface area contributed by atoms with Crippen LogP contribution in [-0.2, 0) is 0 Å². The van der Waals surface area contributed by atoms with Crippen molar-refractivity contribution in [1.29, 1.82) is 0 Å². The average Bonchev–Trinajstić information content (AvgIpc) is 2.56. The summed E-state index contributed by atoms with van der Waals surface area (Å²) in [4.78, 5) is 0. The van der Waals surface area contributed by atoms with Crippen molar-refractivity contribution >= 4 is 17.9 Å². The first kappa shape index (κ1) is 15.6. The van der Waals surface area contributed by atoms with E-state index >= 15 is 0 Å². The van der Waals surface area contributed by atoms with Gasteiger partial charge in [-0.05, 0) is 62.1 Å². The molecule has 0 spiro atoms. The Labute approximate surface area is 131 Å². The van der Waals surface area contributed by atoms with Gasteiger partial charge in [0.1, 0.15) is 0 Å². The molecule has 3 rings (SSSR count). The van der Waals surface area contributed by atoms with Gasteiger partial charge in [0.25, 0.3) is 0 Å². The van der Waals surface area contributed by atoms with Crippen LogP contribution in [0.5, 0.6) is 0 Å². The molecule has 0 amide bonds. The minimum atomic E-state index is -1.22. The van der Waals surface area contributed by atoms with Gasteiger partial charge >= 0.3 is 0 Å². The first-order chi connectivity index (χ1) is 9.82. The molecule has 0 bridgehead atoms. The molecule has 0 saturated heterocycles. The summed E-state index contributed by atoms with van der Waals surface area (Å²) in [5.74, 6) is 0. The Morgan fingerprint density at radius 3 is 0.950 bits per heavy atom. The van der Waals surface area contributed by atoms with Gasteiger partial charge in [-0.15, -0.1) is 11.2 Å². The van der Waals surface area contributed by atoms with Crippen LogP contribution in [-0.4, -0.2) is 17.0 Å². The van der Waals surface area contributed by atoms with Gasteiger partial charge in [-0.2, -0.15) is 0 Å². The zero-order valence-electron chi connectivity index (χ0n) is 13.2. The smallest absolute Gasteiger partial charge is 0.0109 e. The molecule has 0 atom stereocenters. The van der Waals surface area contributed by atoms with Crippen molar-refractivity contribution in [2.45, 2.75) is 113 Å². The van der Waals surface area contributed by atoms with E-state index in [1.807, 2.05) is 0 Å². The molecule has 1 radical (unpaired) electrons. The normalized spacial score (nSPS) is 28.6. The lowest BCUT2D eigenvalue weighted by Gasteiger charge is -2.52. The second-order valence-corrected chi connectivity index (χ2v) is 13.0. The third kappa shape index (κ3) is 3.22.